The summed E-state index contributed by atoms with van der Waals surface area (Å²) in [6.45, 7) is 0.196. The molecule has 0 atom stereocenters. The Balaban J connectivity index is 1.42. The van der Waals surface area contributed by atoms with Crippen LogP contribution < -0.4 is 10.6 Å². The second-order valence-corrected chi connectivity index (χ2v) is 7.72. The largest absolute Gasteiger partial charge is 0.507 e. The Labute approximate surface area is 179 Å². The Morgan fingerprint density at radius 2 is 1.71 bits per heavy atom. The molecular formula is C22H15F2N3O3S. The summed E-state index contributed by atoms with van der Waals surface area (Å²) in [7, 11) is 0. The number of aromatic nitrogens is 1. The standard InChI is InChI=1S/C22H15F2N3O3S/c23-13-7-12(8-14(24)9-13)21(29)26-15-5-6-16(18(28)10-15)22(30)25-11-20-27-17-3-1-2-4-19(17)31-20/h1-10,28H,11H2,(H,25,30)(H,26,29). The highest BCUT2D eigenvalue weighted by Gasteiger charge is 2.15. The summed E-state index contributed by atoms with van der Waals surface area (Å²) in [5, 5.41) is 16.0. The van der Waals surface area contributed by atoms with Crippen molar-refractivity contribution in [3.05, 3.63) is 88.4 Å². The van der Waals surface area contributed by atoms with Crippen LogP contribution in [-0.2, 0) is 6.54 Å². The van der Waals surface area contributed by atoms with Crippen molar-refractivity contribution in [2.45, 2.75) is 6.54 Å². The molecule has 0 saturated heterocycles. The molecule has 0 radical (unpaired) electrons. The Hall–Kier alpha value is -3.85. The van der Waals surface area contributed by atoms with Crippen molar-refractivity contribution in [1.29, 1.82) is 0 Å². The quantitative estimate of drug-likeness (QED) is 0.428. The minimum Gasteiger partial charge on any atom is -0.507 e. The van der Waals surface area contributed by atoms with E-state index >= 15 is 0 Å². The molecule has 0 bridgehead atoms. The van der Waals surface area contributed by atoms with Crippen LogP contribution in [0.4, 0.5) is 14.5 Å². The predicted molar refractivity (Wildman–Crippen MR) is 113 cm³/mol. The molecule has 31 heavy (non-hydrogen) atoms. The number of para-hydroxylation sites is 1. The molecule has 6 nitrogen and oxygen atoms in total. The number of nitrogens with one attached hydrogen (secondary N) is 2. The molecule has 156 valence electrons. The molecule has 0 aliphatic heterocycles. The number of aromatic hydroxyl groups is 1. The Morgan fingerprint density at radius 1 is 0.968 bits per heavy atom. The van der Waals surface area contributed by atoms with Gasteiger partial charge in [0, 0.05) is 23.4 Å². The number of carbonyl (C=O) groups is 2. The van der Waals surface area contributed by atoms with E-state index in [1.54, 1.807) is 0 Å². The van der Waals surface area contributed by atoms with Crippen LogP contribution in [-0.4, -0.2) is 21.9 Å². The molecule has 4 rings (SSSR count). The predicted octanol–water partition coefficient (Wildman–Crippen LogP) is 4.46. The number of halogens is 2. The first kappa shape index (κ1) is 20.4. The van der Waals surface area contributed by atoms with Gasteiger partial charge in [-0.1, -0.05) is 12.1 Å². The van der Waals surface area contributed by atoms with Gasteiger partial charge >= 0.3 is 0 Å². The number of amides is 2. The maximum absolute atomic E-state index is 13.3. The Bertz CT molecular complexity index is 1250. The van der Waals surface area contributed by atoms with Gasteiger partial charge in [-0.3, -0.25) is 9.59 Å². The van der Waals surface area contributed by atoms with Crippen LogP contribution in [0.2, 0.25) is 0 Å². The zero-order valence-corrected chi connectivity index (χ0v) is 16.7. The van der Waals surface area contributed by atoms with Crippen molar-refractivity contribution in [1.82, 2.24) is 10.3 Å². The van der Waals surface area contributed by atoms with Gasteiger partial charge in [0.2, 0.25) is 0 Å². The van der Waals surface area contributed by atoms with Crippen molar-refractivity contribution in [3.63, 3.8) is 0 Å². The highest BCUT2D eigenvalue weighted by atomic mass is 32.1. The third kappa shape index (κ3) is 4.67. The molecule has 0 unspecified atom stereocenters. The lowest BCUT2D eigenvalue weighted by atomic mass is 10.1. The van der Waals surface area contributed by atoms with Crippen LogP contribution >= 0.6 is 11.3 Å². The van der Waals surface area contributed by atoms with Crippen LogP contribution in [0.1, 0.15) is 25.7 Å². The van der Waals surface area contributed by atoms with Gasteiger partial charge in [0.15, 0.2) is 0 Å². The number of phenolic OH excluding ortho intramolecular Hbond substituents is 1. The zero-order chi connectivity index (χ0) is 22.0. The number of phenols is 1. The summed E-state index contributed by atoms with van der Waals surface area (Å²) in [4.78, 5) is 29.0. The number of hydrogen-bond acceptors (Lipinski definition) is 5. The van der Waals surface area contributed by atoms with Gasteiger partial charge in [-0.25, -0.2) is 13.8 Å². The van der Waals surface area contributed by atoms with E-state index in [0.29, 0.717) is 6.07 Å². The first-order valence-electron chi connectivity index (χ1n) is 9.12. The summed E-state index contributed by atoms with van der Waals surface area (Å²) in [6, 6.07) is 14.0. The van der Waals surface area contributed by atoms with E-state index in [1.165, 1.54) is 29.5 Å². The molecule has 9 heteroatoms. The van der Waals surface area contributed by atoms with Crippen molar-refractivity contribution in [2.24, 2.45) is 0 Å². The van der Waals surface area contributed by atoms with Crippen LogP contribution in [0.15, 0.2) is 60.7 Å². The van der Waals surface area contributed by atoms with Gasteiger partial charge in [-0.05, 0) is 36.4 Å². The SMILES string of the molecule is O=C(Nc1ccc(C(=O)NCc2nc3ccccc3s2)c(O)c1)c1cc(F)cc(F)c1. The van der Waals surface area contributed by atoms with Gasteiger partial charge in [0.05, 0.1) is 22.3 Å². The van der Waals surface area contributed by atoms with Gasteiger partial charge in [-0.15, -0.1) is 11.3 Å². The number of carbonyl (C=O) groups excluding carboxylic acids is 2. The molecule has 0 saturated carbocycles. The number of hydrogen-bond donors (Lipinski definition) is 3. The number of thiazole rings is 1. The lowest BCUT2D eigenvalue weighted by molar-refractivity contribution is 0.0947. The van der Waals surface area contributed by atoms with Crippen molar-refractivity contribution >= 4 is 39.1 Å². The number of rotatable bonds is 5. The van der Waals surface area contributed by atoms with Crippen LogP contribution in [0.5, 0.6) is 5.75 Å². The molecule has 1 heterocycles. The number of benzene rings is 3. The Morgan fingerprint density at radius 3 is 2.42 bits per heavy atom. The summed E-state index contributed by atoms with van der Waals surface area (Å²) in [5.74, 6) is -3.39. The average Bonchev–Trinajstić information content (AvgIpc) is 3.14. The van der Waals surface area contributed by atoms with Crippen LogP contribution in [0.25, 0.3) is 10.2 Å². The molecule has 3 aromatic carbocycles. The van der Waals surface area contributed by atoms with Gasteiger partial charge in [0.25, 0.3) is 11.8 Å². The van der Waals surface area contributed by atoms with Crippen molar-refractivity contribution in [2.75, 3.05) is 5.32 Å². The van der Waals surface area contributed by atoms with E-state index in [-0.39, 0.29) is 29.1 Å². The average molecular weight is 439 g/mol. The molecular weight excluding hydrogens is 424 g/mol. The van der Waals surface area contributed by atoms with E-state index in [9.17, 15) is 23.5 Å². The fraction of sp³-hybridized carbons (Fsp3) is 0.0455. The minimum atomic E-state index is -0.881. The van der Waals surface area contributed by atoms with Gasteiger partial charge in [-0.2, -0.15) is 0 Å². The third-order valence-electron chi connectivity index (χ3n) is 4.36. The number of nitrogens with zero attached hydrogens (tertiary/aromatic N) is 1. The normalized spacial score (nSPS) is 10.8. The maximum atomic E-state index is 13.3. The second kappa shape index (κ2) is 8.49. The van der Waals surface area contributed by atoms with Crippen LogP contribution in [0.3, 0.4) is 0 Å². The molecule has 0 aliphatic rings. The fourth-order valence-electron chi connectivity index (χ4n) is 2.94. The summed E-state index contributed by atoms with van der Waals surface area (Å²) < 4.78 is 27.6. The first-order chi connectivity index (χ1) is 14.9. The molecule has 3 N–H and O–H groups in total. The molecule has 2 amide bonds. The van der Waals surface area contributed by atoms with E-state index in [2.05, 4.69) is 15.6 Å². The molecule has 0 fully saturated rings. The van der Waals surface area contributed by atoms with Gasteiger partial charge in [0.1, 0.15) is 22.4 Å². The lowest BCUT2D eigenvalue weighted by Crippen LogP contribution is -2.23. The number of anilines is 1. The summed E-state index contributed by atoms with van der Waals surface area (Å²) >= 11 is 1.46. The highest BCUT2D eigenvalue weighted by molar-refractivity contribution is 7.18. The van der Waals surface area contributed by atoms with E-state index in [4.69, 9.17) is 0 Å². The third-order valence-corrected chi connectivity index (χ3v) is 5.40. The fourth-order valence-corrected chi connectivity index (χ4v) is 3.84. The minimum absolute atomic E-state index is 0.0101. The second-order valence-electron chi connectivity index (χ2n) is 6.60. The summed E-state index contributed by atoms with van der Waals surface area (Å²) in [6.07, 6.45) is 0. The number of fused-ring (bicyclic) bond motifs is 1. The molecule has 0 aliphatic carbocycles. The zero-order valence-electron chi connectivity index (χ0n) is 15.9. The maximum Gasteiger partial charge on any atom is 0.255 e. The monoisotopic (exact) mass is 439 g/mol. The van der Waals surface area contributed by atoms with Crippen molar-refractivity contribution in [3.8, 4) is 5.75 Å². The summed E-state index contributed by atoms with van der Waals surface area (Å²) in [5.41, 5.74) is 0.804. The van der Waals surface area contributed by atoms with Crippen molar-refractivity contribution < 1.29 is 23.5 Å². The van der Waals surface area contributed by atoms with E-state index in [1.807, 2.05) is 24.3 Å². The van der Waals surface area contributed by atoms with E-state index < -0.39 is 23.4 Å². The smallest absolute Gasteiger partial charge is 0.255 e. The molecule has 4 aromatic rings. The molecule has 0 spiro atoms. The lowest BCUT2D eigenvalue weighted by Gasteiger charge is -2.09. The van der Waals surface area contributed by atoms with Crippen LogP contribution in [0, 0.1) is 11.6 Å². The first-order valence-corrected chi connectivity index (χ1v) is 9.94. The Kier molecular flexibility index (Phi) is 5.59. The molecule has 1 aromatic heterocycles. The highest BCUT2D eigenvalue weighted by Crippen LogP contribution is 2.24. The van der Waals surface area contributed by atoms with Gasteiger partial charge < -0.3 is 15.7 Å². The van der Waals surface area contributed by atoms with E-state index in [0.717, 1.165) is 27.4 Å². The topological polar surface area (TPSA) is 91.3 Å².